The van der Waals surface area contributed by atoms with E-state index in [1.54, 1.807) is 6.92 Å². The van der Waals surface area contributed by atoms with Gasteiger partial charge in [-0.15, -0.1) is 0 Å². The Balaban J connectivity index is 1.66. The molecule has 1 aliphatic rings. The zero-order valence-electron chi connectivity index (χ0n) is 19.2. The average Bonchev–Trinajstić information content (AvgIpc) is 2.83. The lowest BCUT2D eigenvalue weighted by Gasteiger charge is -2.30. The summed E-state index contributed by atoms with van der Waals surface area (Å²) in [6.07, 6.45) is 3.13. The van der Waals surface area contributed by atoms with Crippen molar-refractivity contribution in [2.24, 2.45) is 5.16 Å². The van der Waals surface area contributed by atoms with Gasteiger partial charge in [-0.2, -0.15) is 0 Å². The first kappa shape index (κ1) is 24.1. The van der Waals surface area contributed by atoms with Gasteiger partial charge < -0.3 is 19.0 Å². The molecule has 0 N–H and O–H groups in total. The third-order valence-electron chi connectivity index (χ3n) is 4.94. The maximum Gasteiger partial charge on any atom is 0.306 e. The number of oxime groups is 1. The van der Waals surface area contributed by atoms with Gasteiger partial charge in [0.2, 0.25) is 0 Å². The predicted octanol–water partition coefficient (Wildman–Crippen LogP) is 4.46. The van der Waals surface area contributed by atoms with E-state index in [2.05, 4.69) is 17.0 Å². The van der Waals surface area contributed by atoms with Crippen molar-refractivity contribution in [3.8, 4) is 17.6 Å². The van der Waals surface area contributed by atoms with E-state index in [0.29, 0.717) is 6.42 Å². The Hall–Kier alpha value is -3.56. The number of aryl methyl sites for hydroxylation is 1. The minimum absolute atomic E-state index is 0.0592. The van der Waals surface area contributed by atoms with Crippen LogP contribution in [0.15, 0.2) is 71.9 Å². The third-order valence-corrected chi connectivity index (χ3v) is 4.94. The summed E-state index contributed by atoms with van der Waals surface area (Å²) in [4.78, 5) is 16.9. The molecule has 0 fully saturated rings. The van der Waals surface area contributed by atoms with Gasteiger partial charge in [-0.1, -0.05) is 52.9 Å². The highest BCUT2D eigenvalue weighted by Crippen LogP contribution is 2.21. The van der Waals surface area contributed by atoms with Crippen molar-refractivity contribution < 1.29 is 23.8 Å². The number of ether oxygens (including phenoxy) is 3. The van der Waals surface area contributed by atoms with Crippen molar-refractivity contribution in [1.82, 2.24) is 0 Å². The lowest BCUT2D eigenvalue weighted by atomic mass is 10.1. The van der Waals surface area contributed by atoms with Gasteiger partial charge in [-0.05, 0) is 56.7 Å². The average molecular weight is 448 g/mol. The number of hydrogen-bond donors (Lipinski definition) is 0. The first-order chi connectivity index (χ1) is 16.0. The largest absolute Gasteiger partial charge is 0.483 e. The Kier molecular flexibility index (Phi) is 9.10. The predicted molar refractivity (Wildman–Crippen MR) is 127 cm³/mol. The van der Waals surface area contributed by atoms with E-state index in [9.17, 15) is 4.79 Å². The van der Waals surface area contributed by atoms with Crippen LogP contribution < -0.4 is 4.74 Å². The second-order valence-corrected chi connectivity index (χ2v) is 7.70. The minimum Gasteiger partial charge on any atom is -0.483 e. The van der Waals surface area contributed by atoms with Crippen LogP contribution >= 0.6 is 0 Å². The molecule has 1 aliphatic heterocycles. The molecule has 33 heavy (non-hydrogen) atoms. The second kappa shape index (κ2) is 12.5. The highest BCUT2D eigenvalue weighted by Gasteiger charge is 2.29. The molecule has 2 aromatic carbocycles. The Morgan fingerprint density at radius 1 is 1.06 bits per heavy atom. The number of rotatable bonds is 8. The molecule has 2 aromatic rings. The highest BCUT2D eigenvalue weighted by atomic mass is 16.6. The van der Waals surface area contributed by atoms with Crippen LogP contribution in [0.3, 0.4) is 0 Å². The van der Waals surface area contributed by atoms with E-state index in [-0.39, 0.29) is 19.0 Å². The van der Waals surface area contributed by atoms with Crippen LogP contribution in [-0.4, -0.2) is 43.7 Å². The molecule has 172 valence electrons. The van der Waals surface area contributed by atoms with Gasteiger partial charge in [0.05, 0.1) is 12.1 Å². The van der Waals surface area contributed by atoms with E-state index < -0.39 is 18.3 Å². The van der Waals surface area contributed by atoms with Crippen molar-refractivity contribution in [3.63, 3.8) is 0 Å². The fraction of sp³-hybridized carbons (Fsp3) is 0.333. The summed E-state index contributed by atoms with van der Waals surface area (Å²) >= 11 is 0. The van der Waals surface area contributed by atoms with Crippen LogP contribution in [-0.2, 0) is 19.1 Å². The van der Waals surface area contributed by atoms with E-state index in [1.165, 1.54) is 7.11 Å². The summed E-state index contributed by atoms with van der Waals surface area (Å²) in [6.45, 7) is 3.88. The van der Waals surface area contributed by atoms with E-state index in [4.69, 9.17) is 19.0 Å². The summed E-state index contributed by atoms with van der Waals surface area (Å²) in [5, 5.41) is 3.81. The fourth-order valence-electron chi connectivity index (χ4n) is 3.16. The summed E-state index contributed by atoms with van der Waals surface area (Å²) in [6, 6.07) is 17.5. The minimum atomic E-state index is -0.496. The third kappa shape index (κ3) is 8.13. The van der Waals surface area contributed by atoms with Crippen LogP contribution in [0.2, 0.25) is 0 Å². The highest BCUT2D eigenvalue weighted by molar-refractivity contribution is 5.85. The molecule has 0 amide bonds. The monoisotopic (exact) mass is 447 g/mol. The number of carbonyl (C=O) groups is 1. The smallest absolute Gasteiger partial charge is 0.306 e. The van der Waals surface area contributed by atoms with Crippen LogP contribution in [0.25, 0.3) is 0 Å². The molecule has 0 aromatic heterocycles. The quantitative estimate of drug-likeness (QED) is 0.196. The molecule has 1 heterocycles. The normalized spacial score (nSPS) is 19.8. The molecule has 0 spiro atoms. The summed E-state index contributed by atoms with van der Waals surface area (Å²) < 4.78 is 17.7. The standard InChI is InChI=1S/C27H29NO5/c1-20-9-13-23(14-10-20)32-25-17-16-24(15-12-22-7-5-4-6-8-22)33-26(25)19-31-27(29)18-11-21(2)28-30-3/h4-10,13-14,16-17,24-26H,11,18-19H2,1-3H3/b28-21+/t24-,25+,26-/m1/s1. The Morgan fingerprint density at radius 3 is 2.55 bits per heavy atom. The number of carbonyl (C=O) groups excluding carboxylic acids is 1. The Labute approximate surface area is 195 Å². The molecule has 6 heteroatoms. The van der Waals surface area contributed by atoms with Gasteiger partial charge in [0.1, 0.15) is 37.8 Å². The molecule has 3 atom stereocenters. The van der Waals surface area contributed by atoms with Crippen molar-refractivity contribution in [2.75, 3.05) is 13.7 Å². The van der Waals surface area contributed by atoms with Crippen LogP contribution in [0.4, 0.5) is 0 Å². The SMILES string of the molecule is CO/N=C(\C)CCC(=O)OC[C@H]1O[C@H](C#Cc2ccccc2)C=C[C@@H]1Oc1ccc(C)cc1. The molecule has 0 radical (unpaired) electrons. The van der Waals surface area contributed by atoms with Crippen molar-refractivity contribution in [1.29, 1.82) is 0 Å². The van der Waals surface area contributed by atoms with E-state index in [1.807, 2.05) is 73.7 Å². The number of hydrogen-bond acceptors (Lipinski definition) is 6. The van der Waals surface area contributed by atoms with Crippen molar-refractivity contribution >= 4 is 11.7 Å². The molecular formula is C27H29NO5. The van der Waals surface area contributed by atoms with Crippen LogP contribution in [0.1, 0.15) is 30.9 Å². The molecule has 0 saturated carbocycles. The molecule has 6 nitrogen and oxygen atoms in total. The molecular weight excluding hydrogens is 418 g/mol. The van der Waals surface area contributed by atoms with Crippen molar-refractivity contribution in [2.45, 2.75) is 45.0 Å². The number of benzene rings is 2. The van der Waals surface area contributed by atoms with Gasteiger partial charge in [-0.25, -0.2) is 0 Å². The summed E-state index contributed by atoms with van der Waals surface area (Å²) in [5.74, 6) is 6.62. The molecule has 0 unspecified atom stereocenters. The number of esters is 1. The van der Waals surface area contributed by atoms with E-state index in [0.717, 1.165) is 22.6 Å². The topological polar surface area (TPSA) is 66.4 Å². The van der Waals surface area contributed by atoms with Gasteiger partial charge in [0, 0.05) is 5.56 Å². The molecule has 0 saturated heterocycles. The zero-order chi connectivity index (χ0) is 23.5. The summed E-state index contributed by atoms with van der Waals surface area (Å²) in [7, 11) is 1.47. The molecule has 0 aliphatic carbocycles. The molecule has 3 rings (SSSR count). The van der Waals surface area contributed by atoms with Crippen LogP contribution in [0.5, 0.6) is 5.75 Å². The van der Waals surface area contributed by atoms with Crippen LogP contribution in [0, 0.1) is 18.8 Å². The second-order valence-electron chi connectivity index (χ2n) is 7.70. The lowest BCUT2D eigenvalue weighted by Crippen LogP contribution is -2.42. The molecule has 0 bridgehead atoms. The van der Waals surface area contributed by atoms with Gasteiger partial charge >= 0.3 is 5.97 Å². The first-order valence-electron chi connectivity index (χ1n) is 10.9. The van der Waals surface area contributed by atoms with E-state index >= 15 is 0 Å². The first-order valence-corrected chi connectivity index (χ1v) is 10.9. The maximum atomic E-state index is 12.2. The number of nitrogens with zero attached hydrogens (tertiary/aromatic N) is 1. The lowest BCUT2D eigenvalue weighted by molar-refractivity contribution is -0.151. The zero-order valence-corrected chi connectivity index (χ0v) is 19.2. The maximum absolute atomic E-state index is 12.2. The Morgan fingerprint density at radius 2 is 1.82 bits per heavy atom. The van der Waals surface area contributed by atoms with Crippen molar-refractivity contribution in [3.05, 3.63) is 77.9 Å². The van der Waals surface area contributed by atoms with Gasteiger partial charge in [0.25, 0.3) is 0 Å². The van der Waals surface area contributed by atoms with Gasteiger partial charge in [-0.3, -0.25) is 4.79 Å². The fourth-order valence-corrected chi connectivity index (χ4v) is 3.16. The summed E-state index contributed by atoms with van der Waals surface area (Å²) in [5.41, 5.74) is 2.78. The van der Waals surface area contributed by atoms with Gasteiger partial charge in [0.15, 0.2) is 0 Å². The Bertz CT molecular complexity index is 1020.